The predicted octanol–water partition coefficient (Wildman–Crippen LogP) is 1.85. The van der Waals surface area contributed by atoms with Crippen molar-refractivity contribution in [3.63, 3.8) is 0 Å². The maximum absolute atomic E-state index is 12.1. The number of benzene rings is 1. The summed E-state index contributed by atoms with van der Waals surface area (Å²) < 4.78 is 4.96. The number of nitrogens with one attached hydrogen (secondary N) is 2. The van der Waals surface area contributed by atoms with E-state index in [1.54, 1.807) is 7.05 Å². The van der Waals surface area contributed by atoms with Crippen molar-refractivity contribution in [3.8, 4) is 0 Å². The number of hydrogen-bond acceptors (Lipinski definition) is 6. The van der Waals surface area contributed by atoms with Gasteiger partial charge < -0.3 is 15.4 Å². The molecule has 1 amide bonds. The Morgan fingerprint density at radius 1 is 1.35 bits per heavy atom. The van der Waals surface area contributed by atoms with Crippen molar-refractivity contribution >= 4 is 23.3 Å². The summed E-state index contributed by atoms with van der Waals surface area (Å²) in [4.78, 5) is 34.0. The Bertz CT molecular complexity index is 611. The summed E-state index contributed by atoms with van der Waals surface area (Å²) in [7, 11) is 1.59. The van der Waals surface area contributed by atoms with Crippen molar-refractivity contribution in [1.29, 1.82) is 0 Å². The number of anilines is 1. The second-order valence-corrected chi connectivity index (χ2v) is 5.36. The fourth-order valence-electron chi connectivity index (χ4n) is 2.58. The Kier molecular flexibility index (Phi) is 5.51. The van der Waals surface area contributed by atoms with Gasteiger partial charge in [0.1, 0.15) is 0 Å². The molecule has 23 heavy (non-hydrogen) atoms. The molecule has 2 N–H and O–H groups in total. The van der Waals surface area contributed by atoms with Gasteiger partial charge in [-0.25, -0.2) is 4.79 Å². The first-order chi connectivity index (χ1) is 11.0. The summed E-state index contributed by atoms with van der Waals surface area (Å²) in [5, 5.41) is 16.4. The Morgan fingerprint density at radius 3 is 2.65 bits per heavy atom. The van der Waals surface area contributed by atoms with Gasteiger partial charge in [0.15, 0.2) is 6.61 Å². The van der Waals surface area contributed by atoms with Crippen molar-refractivity contribution in [2.45, 2.75) is 31.7 Å². The summed E-state index contributed by atoms with van der Waals surface area (Å²) >= 11 is 0. The molecule has 0 bridgehead atoms. The molecule has 0 spiro atoms. The maximum Gasteiger partial charge on any atom is 0.341 e. The molecule has 8 heteroatoms. The number of rotatable bonds is 6. The summed E-state index contributed by atoms with van der Waals surface area (Å²) in [6.07, 6.45) is 4.05. The van der Waals surface area contributed by atoms with Crippen LogP contribution in [0.25, 0.3) is 0 Å². The van der Waals surface area contributed by atoms with E-state index in [0.717, 1.165) is 31.7 Å². The van der Waals surface area contributed by atoms with E-state index < -0.39 is 17.5 Å². The van der Waals surface area contributed by atoms with Crippen LogP contribution in [0, 0.1) is 10.1 Å². The zero-order valence-corrected chi connectivity index (χ0v) is 12.8. The molecule has 1 aliphatic carbocycles. The van der Waals surface area contributed by atoms with Crippen molar-refractivity contribution in [1.82, 2.24) is 5.32 Å². The highest BCUT2D eigenvalue weighted by Crippen LogP contribution is 2.22. The summed E-state index contributed by atoms with van der Waals surface area (Å²) in [6.45, 7) is -0.402. The third-order valence-electron chi connectivity index (χ3n) is 3.76. The topological polar surface area (TPSA) is 111 Å². The Labute approximate surface area is 133 Å². The zero-order chi connectivity index (χ0) is 16.8. The van der Waals surface area contributed by atoms with E-state index in [4.69, 9.17) is 4.74 Å². The molecule has 1 aliphatic rings. The monoisotopic (exact) mass is 321 g/mol. The lowest BCUT2D eigenvalue weighted by molar-refractivity contribution is -0.384. The third kappa shape index (κ3) is 4.41. The van der Waals surface area contributed by atoms with Gasteiger partial charge in [0.05, 0.1) is 10.5 Å². The SMILES string of the molecule is CNc1ccc([N+](=O)[O-])cc1C(=O)OCC(=O)NC1CCCC1. The molecule has 0 radical (unpaired) electrons. The molecule has 0 saturated heterocycles. The maximum atomic E-state index is 12.1. The number of nitrogens with zero attached hydrogens (tertiary/aromatic N) is 1. The van der Waals surface area contributed by atoms with E-state index in [0.29, 0.717) is 5.69 Å². The van der Waals surface area contributed by atoms with Gasteiger partial charge in [-0.15, -0.1) is 0 Å². The van der Waals surface area contributed by atoms with Gasteiger partial charge in [-0.3, -0.25) is 14.9 Å². The largest absolute Gasteiger partial charge is 0.452 e. The lowest BCUT2D eigenvalue weighted by Crippen LogP contribution is -2.35. The fourth-order valence-corrected chi connectivity index (χ4v) is 2.58. The van der Waals surface area contributed by atoms with E-state index in [1.807, 2.05) is 0 Å². The van der Waals surface area contributed by atoms with Gasteiger partial charge in [0.25, 0.3) is 11.6 Å². The minimum atomic E-state index is -0.778. The number of hydrogen-bond donors (Lipinski definition) is 2. The molecule has 1 fully saturated rings. The van der Waals surface area contributed by atoms with Crippen LogP contribution in [0.4, 0.5) is 11.4 Å². The van der Waals surface area contributed by atoms with E-state index in [2.05, 4.69) is 10.6 Å². The molecule has 0 heterocycles. The summed E-state index contributed by atoms with van der Waals surface area (Å²) in [6, 6.07) is 3.98. The first kappa shape index (κ1) is 16.7. The minimum Gasteiger partial charge on any atom is -0.452 e. The lowest BCUT2D eigenvalue weighted by atomic mass is 10.1. The quantitative estimate of drug-likeness (QED) is 0.470. The number of amides is 1. The molecule has 0 aliphatic heterocycles. The molecule has 124 valence electrons. The zero-order valence-electron chi connectivity index (χ0n) is 12.8. The van der Waals surface area contributed by atoms with E-state index in [1.165, 1.54) is 12.1 Å². The number of carbonyl (C=O) groups excluding carboxylic acids is 2. The van der Waals surface area contributed by atoms with Crippen molar-refractivity contribution in [2.24, 2.45) is 0 Å². The van der Waals surface area contributed by atoms with E-state index in [9.17, 15) is 19.7 Å². The van der Waals surface area contributed by atoms with Crippen LogP contribution in [-0.2, 0) is 9.53 Å². The smallest absolute Gasteiger partial charge is 0.341 e. The van der Waals surface area contributed by atoms with Gasteiger partial charge in [-0.2, -0.15) is 0 Å². The van der Waals surface area contributed by atoms with Gasteiger partial charge in [-0.1, -0.05) is 12.8 Å². The van der Waals surface area contributed by atoms with Crippen LogP contribution in [0.1, 0.15) is 36.0 Å². The average molecular weight is 321 g/mol. The highest BCUT2D eigenvalue weighted by atomic mass is 16.6. The van der Waals surface area contributed by atoms with Gasteiger partial charge in [0, 0.05) is 30.9 Å². The molecular formula is C15H19N3O5. The number of nitro benzene ring substituents is 1. The highest BCUT2D eigenvalue weighted by molar-refractivity contribution is 5.97. The molecule has 8 nitrogen and oxygen atoms in total. The van der Waals surface area contributed by atoms with E-state index >= 15 is 0 Å². The number of esters is 1. The van der Waals surface area contributed by atoms with Crippen LogP contribution in [0.15, 0.2) is 18.2 Å². The number of nitro groups is 1. The second-order valence-electron chi connectivity index (χ2n) is 5.36. The lowest BCUT2D eigenvalue weighted by Gasteiger charge is -2.12. The van der Waals surface area contributed by atoms with Crippen LogP contribution in [0.3, 0.4) is 0 Å². The average Bonchev–Trinajstić information content (AvgIpc) is 3.04. The molecule has 0 atom stereocenters. The Balaban J connectivity index is 1.97. The molecular weight excluding hydrogens is 302 g/mol. The van der Waals surface area contributed by atoms with Crippen molar-refractivity contribution in [3.05, 3.63) is 33.9 Å². The summed E-state index contributed by atoms with van der Waals surface area (Å²) in [5.41, 5.74) is 0.207. The van der Waals surface area contributed by atoms with Crippen LogP contribution in [0.2, 0.25) is 0 Å². The first-order valence-corrected chi connectivity index (χ1v) is 7.44. The molecule has 1 saturated carbocycles. The van der Waals surface area contributed by atoms with Gasteiger partial charge in [-0.05, 0) is 18.9 Å². The molecule has 1 aromatic rings. The normalized spacial score (nSPS) is 14.3. The van der Waals surface area contributed by atoms with Crippen molar-refractivity contribution < 1.29 is 19.2 Å². The minimum absolute atomic E-state index is 0.0235. The highest BCUT2D eigenvalue weighted by Gasteiger charge is 2.20. The molecule has 0 aromatic heterocycles. The Hall–Kier alpha value is -2.64. The number of carbonyl (C=O) groups is 2. The number of ether oxygens (including phenoxy) is 1. The Morgan fingerprint density at radius 2 is 2.04 bits per heavy atom. The first-order valence-electron chi connectivity index (χ1n) is 7.44. The predicted molar refractivity (Wildman–Crippen MR) is 83.3 cm³/mol. The van der Waals surface area contributed by atoms with Crippen molar-refractivity contribution in [2.75, 3.05) is 19.0 Å². The molecule has 0 unspecified atom stereocenters. The van der Waals surface area contributed by atoms with E-state index in [-0.39, 0.29) is 23.2 Å². The fraction of sp³-hybridized carbons (Fsp3) is 0.467. The van der Waals surface area contributed by atoms with Crippen LogP contribution in [-0.4, -0.2) is 36.5 Å². The van der Waals surface area contributed by atoms with Gasteiger partial charge >= 0.3 is 5.97 Å². The summed E-state index contributed by atoms with van der Waals surface area (Å²) in [5.74, 6) is -1.14. The second kappa shape index (κ2) is 7.57. The van der Waals surface area contributed by atoms with Gasteiger partial charge in [0.2, 0.25) is 0 Å². The standard InChI is InChI=1S/C15H19N3O5/c1-16-13-7-6-11(18(21)22)8-12(13)15(20)23-9-14(19)17-10-4-2-3-5-10/h6-8,10,16H,2-5,9H2,1H3,(H,17,19). The third-order valence-corrected chi connectivity index (χ3v) is 3.76. The molecule has 1 aromatic carbocycles. The number of non-ortho nitro benzene ring substituents is 1. The van der Waals surface area contributed by atoms with Crippen LogP contribution >= 0.6 is 0 Å². The van der Waals surface area contributed by atoms with Crippen LogP contribution < -0.4 is 10.6 Å². The molecule has 2 rings (SSSR count). The van der Waals surface area contributed by atoms with Crippen LogP contribution in [0.5, 0.6) is 0 Å².